The van der Waals surface area contributed by atoms with Gasteiger partial charge in [-0.3, -0.25) is 0 Å². The predicted octanol–water partition coefficient (Wildman–Crippen LogP) is -4.63. The molecule has 0 aromatic carbocycles. The normalized spacial score (nSPS) is 46.4. The van der Waals surface area contributed by atoms with Crippen molar-refractivity contribution >= 4 is 0 Å². The largest absolute Gasteiger partial charge is 0.390 e. The van der Waals surface area contributed by atoms with Crippen LogP contribution in [0.25, 0.3) is 0 Å². The van der Waals surface area contributed by atoms with Crippen LogP contribution in [-0.4, -0.2) is 69.1 Å². The SMILES string of the molecule is OC[C@@H]1[NH2+][C@H](CO)[C@@H](O)C(O)[C@@H]1O. The molecule has 0 aromatic heterocycles. The molecule has 0 bridgehead atoms. The lowest BCUT2D eigenvalue weighted by molar-refractivity contribution is -0.750. The first-order valence-electron chi connectivity index (χ1n) is 4.22. The Morgan fingerprint density at radius 2 is 1.15 bits per heavy atom. The van der Waals surface area contributed by atoms with E-state index in [2.05, 4.69) is 0 Å². The van der Waals surface area contributed by atoms with E-state index in [9.17, 15) is 15.3 Å². The predicted molar refractivity (Wildman–Crippen MR) is 41.7 cm³/mol. The minimum atomic E-state index is -1.31. The molecule has 1 saturated heterocycles. The standard InChI is InChI=1S/C7H15NO5/c9-1-3-5(11)7(13)6(12)4(2-10)8-3/h3-13H,1-2H2/p+1/t3-,4+,5-,6-,7?/m1/s1. The Labute approximate surface area is 75.4 Å². The van der Waals surface area contributed by atoms with Crippen LogP contribution in [-0.2, 0) is 0 Å². The topological polar surface area (TPSA) is 118 Å². The maximum Gasteiger partial charge on any atom is 0.138 e. The number of nitrogens with two attached hydrogens (primary N) is 1. The third-order valence-corrected chi connectivity index (χ3v) is 2.49. The van der Waals surface area contributed by atoms with Crippen molar-refractivity contribution in [1.29, 1.82) is 0 Å². The van der Waals surface area contributed by atoms with E-state index in [-0.39, 0.29) is 13.2 Å². The summed E-state index contributed by atoms with van der Waals surface area (Å²) < 4.78 is 0. The van der Waals surface area contributed by atoms with Crippen LogP contribution < -0.4 is 5.32 Å². The van der Waals surface area contributed by atoms with Gasteiger partial charge in [0.1, 0.15) is 30.4 Å². The average Bonchev–Trinajstić information content (AvgIpc) is 2.15. The summed E-state index contributed by atoms with van der Waals surface area (Å²) >= 11 is 0. The van der Waals surface area contributed by atoms with Gasteiger partial charge >= 0.3 is 0 Å². The van der Waals surface area contributed by atoms with Gasteiger partial charge in [0, 0.05) is 0 Å². The van der Waals surface area contributed by atoms with Gasteiger partial charge in [0.25, 0.3) is 0 Å². The second kappa shape index (κ2) is 4.32. The van der Waals surface area contributed by atoms with Gasteiger partial charge in [0.05, 0.1) is 13.2 Å². The number of quaternary nitrogens is 1. The number of aliphatic hydroxyl groups is 5. The summed E-state index contributed by atoms with van der Waals surface area (Å²) in [6.07, 6.45) is -3.63. The van der Waals surface area contributed by atoms with Crippen molar-refractivity contribution in [3.05, 3.63) is 0 Å². The molecule has 0 aliphatic carbocycles. The Bertz CT molecular complexity index is 147. The lowest BCUT2D eigenvalue weighted by Gasteiger charge is -2.37. The third-order valence-electron chi connectivity index (χ3n) is 2.49. The van der Waals surface area contributed by atoms with Gasteiger partial charge in [-0.15, -0.1) is 0 Å². The van der Waals surface area contributed by atoms with Crippen molar-refractivity contribution < 1.29 is 30.8 Å². The van der Waals surface area contributed by atoms with Crippen LogP contribution in [0.4, 0.5) is 0 Å². The van der Waals surface area contributed by atoms with E-state index < -0.39 is 30.4 Å². The maximum atomic E-state index is 9.34. The van der Waals surface area contributed by atoms with Gasteiger partial charge in [-0.2, -0.15) is 0 Å². The fourth-order valence-corrected chi connectivity index (χ4v) is 1.59. The highest BCUT2D eigenvalue weighted by atomic mass is 16.4. The zero-order valence-corrected chi connectivity index (χ0v) is 7.11. The fourth-order valence-electron chi connectivity index (χ4n) is 1.59. The van der Waals surface area contributed by atoms with Crippen LogP contribution in [0.3, 0.4) is 0 Å². The quantitative estimate of drug-likeness (QED) is 0.264. The number of hydrogen-bond donors (Lipinski definition) is 6. The van der Waals surface area contributed by atoms with Crippen LogP contribution in [0.1, 0.15) is 0 Å². The van der Waals surface area contributed by atoms with Crippen molar-refractivity contribution in [2.24, 2.45) is 0 Å². The van der Waals surface area contributed by atoms with E-state index in [1.54, 1.807) is 0 Å². The lowest BCUT2D eigenvalue weighted by atomic mass is 9.91. The van der Waals surface area contributed by atoms with E-state index in [0.717, 1.165) is 0 Å². The van der Waals surface area contributed by atoms with E-state index in [1.807, 2.05) is 0 Å². The van der Waals surface area contributed by atoms with Crippen LogP contribution in [0.5, 0.6) is 0 Å². The van der Waals surface area contributed by atoms with E-state index in [1.165, 1.54) is 5.32 Å². The zero-order chi connectivity index (χ0) is 10.0. The van der Waals surface area contributed by atoms with Crippen LogP contribution in [0.2, 0.25) is 0 Å². The summed E-state index contributed by atoms with van der Waals surface area (Å²) in [5.74, 6) is 0. The molecule has 6 heteroatoms. The monoisotopic (exact) mass is 194 g/mol. The molecule has 0 aromatic rings. The molecular formula is C7H16NO5+. The summed E-state index contributed by atoms with van der Waals surface area (Å²) in [5, 5.41) is 47.1. The first kappa shape index (κ1) is 10.8. The van der Waals surface area contributed by atoms with Crippen molar-refractivity contribution in [2.45, 2.75) is 30.4 Å². The van der Waals surface area contributed by atoms with Crippen molar-refractivity contribution in [2.75, 3.05) is 13.2 Å². The molecule has 0 radical (unpaired) electrons. The smallest absolute Gasteiger partial charge is 0.138 e. The highest BCUT2D eigenvalue weighted by Crippen LogP contribution is 2.09. The van der Waals surface area contributed by atoms with Gasteiger partial charge in [-0.05, 0) is 0 Å². The Balaban J connectivity index is 2.66. The molecule has 1 rings (SSSR count). The zero-order valence-electron chi connectivity index (χ0n) is 7.11. The molecule has 0 saturated carbocycles. The highest BCUT2D eigenvalue weighted by molar-refractivity contribution is 4.88. The average molecular weight is 194 g/mol. The highest BCUT2D eigenvalue weighted by Gasteiger charge is 2.45. The molecule has 1 aliphatic heterocycles. The molecule has 0 spiro atoms. The Hall–Kier alpha value is -0.240. The molecule has 1 aliphatic rings. The number of rotatable bonds is 2. The molecule has 13 heavy (non-hydrogen) atoms. The molecule has 1 heterocycles. The molecular weight excluding hydrogens is 178 g/mol. The number of piperidine rings is 1. The Morgan fingerprint density at radius 1 is 0.769 bits per heavy atom. The molecule has 6 nitrogen and oxygen atoms in total. The minimum absolute atomic E-state index is 0.304. The first-order chi connectivity index (χ1) is 6.11. The van der Waals surface area contributed by atoms with E-state index >= 15 is 0 Å². The summed E-state index contributed by atoms with van der Waals surface area (Å²) in [7, 11) is 0. The van der Waals surface area contributed by atoms with Crippen LogP contribution in [0, 0.1) is 0 Å². The number of aliphatic hydroxyl groups excluding tert-OH is 5. The number of hydrogen-bond acceptors (Lipinski definition) is 5. The van der Waals surface area contributed by atoms with Gasteiger partial charge in [0.2, 0.25) is 0 Å². The van der Waals surface area contributed by atoms with Gasteiger partial charge < -0.3 is 30.8 Å². The maximum absolute atomic E-state index is 9.34. The second-order valence-corrected chi connectivity index (χ2v) is 3.36. The summed E-state index contributed by atoms with van der Waals surface area (Å²) in [5.41, 5.74) is 0. The van der Waals surface area contributed by atoms with E-state index in [0.29, 0.717) is 0 Å². The van der Waals surface area contributed by atoms with Gasteiger partial charge in [0.15, 0.2) is 0 Å². The summed E-state index contributed by atoms with van der Waals surface area (Å²) in [6.45, 7) is -0.608. The molecule has 5 atom stereocenters. The lowest BCUT2D eigenvalue weighted by Crippen LogP contribution is -3.04. The van der Waals surface area contributed by atoms with Crippen molar-refractivity contribution in [3.63, 3.8) is 0 Å². The van der Waals surface area contributed by atoms with Crippen LogP contribution in [0.15, 0.2) is 0 Å². The summed E-state index contributed by atoms with van der Waals surface area (Å²) in [6, 6.07) is -1.17. The third kappa shape index (κ3) is 1.98. The first-order valence-corrected chi connectivity index (χ1v) is 4.22. The Morgan fingerprint density at radius 3 is 1.46 bits per heavy atom. The molecule has 78 valence electrons. The van der Waals surface area contributed by atoms with Gasteiger partial charge in [-0.25, -0.2) is 0 Å². The molecule has 0 amide bonds. The van der Waals surface area contributed by atoms with Crippen molar-refractivity contribution in [3.8, 4) is 0 Å². The second-order valence-electron chi connectivity index (χ2n) is 3.36. The molecule has 1 unspecified atom stereocenters. The van der Waals surface area contributed by atoms with Crippen LogP contribution >= 0.6 is 0 Å². The fraction of sp³-hybridized carbons (Fsp3) is 1.00. The summed E-state index contributed by atoms with van der Waals surface area (Å²) in [4.78, 5) is 0. The van der Waals surface area contributed by atoms with E-state index in [4.69, 9.17) is 10.2 Å². The molecule has 1 fully saturated rings. The van der Waals surface area contributed by atoms with Gasteiger partial charge in [-0.1, -0.05) is 0 Å². The Kier molecular flexibility index (Phi) is 3.60. The van der Waals surface area contributed by atoms with Crippen molar-refractivity contribution in [1.82, 2.24) is 0 Å². The molecule has 7 N–H and O–H groups in total. The minimum Gasteiger partial charge on any atom is -0.390 e.